The Balaban J connectivity index is 1.63. The molecule has 3 aromatic rings. The zero-order valence-corrected chi connectivity index (χ0v) is 13.4. The first kappa shape index (κ1) is 14.7. The van der Waals surface area contributed by atoms with Gasteiger partial charge in [-0.05, 0) is 42.3 Å². The minimum absolute atomic E-state index is 0.0109. The van der Waals surface area contributed by atoms with Gasteiger partial charge in [-0.2, -0.15) is 0 Å². The number of nitrogens with one attached hydrogen (secondary N) is 1. The number of halogens is 1. The van der Waals surface area contributed by atoms with Gasteiger partial charge >= 0.3 is 0 Å². The molecule has 5 heteroatoms. The van der Waals surface area contributed by atoms with E-state index in [2.05, 4.69) is 31.2 Å². The minimum Gasteiger partial charge on any atom is -0.326 e. The van der Waals surface area contributed by atoms with Crippen LogP contribution in [-0.4, -0.2) is 15.9 Å². The maximum absolute atomic E-state index is 12.0. The predicted octanol–water partition coefficient (Wildman–Crippen LogP) is 3.96. The number of amides is 1. The van der Waals surface area contributed by atoms with E-state index in [0.29, 0.717) is 12.8 Å². The SMILES string of the molecule is O=C(CCc1cccc(Br)c1)Nc1ccc2nccnc2c1. The van der Waals surface area contributed by atoms with Gasteiger partial charge in [-0.3, -0.25) is 14.8 Å². The van der Waals surface area contributed by atoms with Gasteiger partial charge in [-0.25, -0.2) is 0 Å². The lowest BCUT2D eigenvalue weighted by molar-refractivity contribution is -0.116. The first-order valence-electron chi connectivity index (χ1n) is 6.96. The highest BCUT2D eigenvalue weighted by Crippen LogP contribution is 2.16. The number of aromatic nitrogens is 2. The lowest BCUT2D eigenvalue weighted by atomic mass is 10.1. The van der Waals surface area contributed by atoms with E-state index in [1.54, 1.807) is 12.4 Å². The van der Waals surface area contributed by atoms with Gasteiger partial charge < -0.3 is 5.32 Å². The van der Waals surface area contributed by atoms with Crippen LogP contribution in [0.4, 0.5) is 5.69 Å². The van der Waals surface area contributed by atoms with Gasteiger partial charge in [0.15, 0.2) is 0 Å². The molecule has 1 heterocycles. The van der Waals surface area contributed by atoms with Gasteiger partial charge in [0, 0.05) is 29.0 Å². The molecule has 0 spiro atoms. The molecule has 0 bridgehead atoms. The van der Waals surface area contributed by atoms with Gasteiger partial charge in [0.05, 0.1) is 11.0 Å². The molecule has 4 nitrogen and oxygen atoms in total. The lowest BCUT2D eigenvalue weighted by Crippen LogP contribution is -2.12. The zero-order valence-electron chi connectivity index (χ0n) is 11.8. The summed E-state index contributed by atoms with van der Waals surface area (Å²) >= 11 is 3.43. The molecule has 0 unspecified atom stereocenters. The molecule has 0 fully saturated rings. The van der Waals surface area contributed by atoms with Crippen LogP contribution in [0.1, 0.15) is 12.0 Å². The molecule has 0 saturated heterocycles. The van der Waals surface area contributed by atoms with E-state index in [1.165, 1.54) is 0 Å². The summed E-state index contributed by atoms with van der Waals surface area (Å²) in [5.41, 5.74) is 3.46. The van der Waals surface area contributed by atoms with Crippen molar-refractivity contribution in [2.45, 2.75) is 12.8 Å². The monoisotopic (exact) mass is 355 g/mol. The Morgan fingerprint density at radius 2 is 1.86 bits per heavy atom. The smallest absolute Gasteiger partial charge is 0.224 e. The topological polar surface area (TPSA) is 54.9 Å². The number of nitrogens with zero attached hydrogens (tertiary/aromatic N) is 2. The average Bonchev–Trinajstić information content (AvgIpc) is 2.53. The second-order valence-electron chi connectivity index (χ2n) is 4.94. The van der Waals surface area contributed by atoms with Gasteiger partial charge in [0.25, 0.3) is 0 Å². The standard InChI is InChI=1S/C17H14BrN3O/c18-13-3-1-2-12(10-13)4-7-17(22)21-14-5-6-15-16(11-14)20-9-8-19-15/h1-3,5-6,8-11H,4,7H2,(H,21,22). The molecule has 1 amide bonds. The van der Waals surface area contributed by atoms with Gasteiger partial charge in [-0.1, -0.05) is 28.1 Å². The number of hydrogen-bond donors (Lipinski definition) is 1. The lowest BCUT2D eigenvalue weighted by Gasteiger charge is -2.06. The Morgan fingerprint density at radius 1 is 1.05 bits per heavy atom. The summed E-state index contributed by atoms with van der Waals surface area (Å²) in [6.45, 7) is 0. The summed E-state index contributed by atoms with van der Waals surface area (Å²) in [5.74, 6) is -0.0109. The molecule has 0 saturated carbocycles. The zero-order chi connectivity index (χ0) is 15.4. The molecule has 0 atom stereocenters. The molecule has 0 aliphatic rings. The fourth-order valence-electron chi connectivity index (χ4n) is 2.21. The van der Waals surface area contributed by atoms with Crippen LogP contribution >= 0.6 is 15.9 Å². The van der Waals surface area contributed by atoms with Crippen LogP contribution in [0, 0.1) is 0 Å². The fraction of sp³-hybridized carbons (Fsp3) is 0.118. The highest BCUT2D eigenvalue weighted by Gasteiger charge is 2.05. The van der Waals surface area contributed by atoms with Gasteiger partial charge in [-0.15, -0.1) is 0 Å². The second-order valence-corrected chi connectivity index (χ2v) is 5.85. The number of carbonyl (C=O) groups excluding carboxylic acids is 1. The Hall–Kier alpha value is -2.27. The molecule has 110 valence electrons. The van der Waals surface area contributed by atoms with Crippen molar-refractivity contribution >= 4 is 38.6 Å². The van der Waals surface area contributed by atoms with Crippen molar-refractivity contribution in [1.29, 1.82) is 0 Å². The van der Waals surface area contributed by atoms with Crippen LogP contribution in [0.3, 0.4) is 0 Å². The van der Waals surface area contributed by atoms with Crippen LogP contribution in [0.25, 0.3) is 11.0 Å². The summed E-state index contributed by atoms with van der Waals surface area (Å²) in [6, 6.07) is 13.5. The number of anilines is 1. The Labute approximate surface area is 136 Å². The van der Waals surface area contributed by atoms with E-state index in [0.717, 1.165) is 26.8 Å². The molecule has 0 aliphatic heterocycles. The third-order valence-electron chi connectivity index (χ3n) is 3.28. The predicted molar refractivity (Wildman–Crippen MR) is 90.6 cm³/mol. The Kier molecular flexibility index (Phi) is 4.44. The summed E-state index contributed by atoms with van der Waals surface area (Å²) in [6.07, 6.45) is 4.44. The summed E-state index contributed by atoms with van der Waals surface area (Å²) in [5, 5.41) is 2.90. The number of hydrogen-bond acceptors (Lipinski definition) is 3. The Bertz CT molecular complexity index is 820. The molecule has 22 heavy (non-hydrogen) atoms. The molecule has 3 rings (SSSR count). The van der Waals surface area contributed by atoms with E-state index in [1.807, 2.05) is 42.5 Å². The van der Waals surface area contributed by atoms with Crippen molar-refractivity contribution in [3.63, 3.8) is 0 Å². The highest BCUT2D eigenvalue weighted by molar-refractivity contribution is 9.10. The van der Waals surface area contributed by atoms with E-state index in [9.17, 15) is 4.79 Å². The number of benzene rings is 2. The first-order chi connectivity index (χ1) is 10.7. The van der Waals surface area contributed by atoms with E-state index < -0.39 is 0 Å². The van der Waals surface area contributed by atoms with Gasteiger partial charge in [0.2, 0.25) is 5.91 Å². The third kappa shape index (κ3) is 3.68. The minimum atomic E-state index is -0.0109. The van der Waals surface area contributed by atoms with Crippen LogP contribution < -0.4 is 5.32 Å². The summed E-state index contributed by atoms with van der Waals surface area (Å²) in [7, 11) is 0. The average molecular weight is 356 g/mol. The molecule has 1 aromatic heterocycles. The number of carbonyl (C=O) groups is 1. The fourth-order valence-corrected chi connectivity index (χ4v) is 2.66. The van der Waals surface area contributed by atoms with Crippen LogP contribution in [-0.2, 0) is 11.2 Å². The van der Waals surface area contributed by atoms with Crippen LogP contribution in [0.2, 0.25) is 0 Å². The molecule has 0 aliphatic carbocycles. The molecular weight excluding hydrogens is 342 g/mol. The van der Waals surface area contributed by atoms with E-state index >= 15 is 0 Å². The second kappa shape index (κ2) is 6.66. The van der Waals surface area contributed by atoms with Crippen molar-refractivity contribution in [2.24, 2.45) is 0 Å². The molecule has 0 radical (unpaired) electrons. The summed E-state index contributed by atoms with van der Waals surface area (Å²) in [4.78, 5) is 20.5. The van der Waals surface area contributed by atoms with Crippen molar-refractivity contribution < 1.29 is 4.79 Å². The molecule has 2 aromatic carbocycles. The maximum Gasteiger partial charge on any atom is 0.224 e. The van der Waals surface area contributed by atoms with Crippen LogP contribution in [0.5, 0.6) is 0 Å². The van der Waals surface area contributed by atoms with Gasteiger partial charge in [0.1, 0.15) is 0 Å². The van der Waals surface area contributed by atoms with Crippen molar-refractivity contribution in [1.82, 2.24) is 9.97 Å². The normalized spacial score (nSPS) is 10.6. The number of aryl methyl sites for hydroxylation is 1. The maximum atomic E-state index is 12.0. The van der Waals surface area contributed by atoms with Crippen LogP contribution in [0.15, 0.2) is 59.3 Å². The highest BCUT2D eigenvalue weighted by atomic mass is 79.9. The number of fused-ring (bicyclic) bond motifs is 1. The molecular formula is C17H14BrN3O. The molecule has 1 N–H and O–H groups in total. The Morgan fingerprint density at radius 3 is 2.68 bits per heavy atom. The van der Waals surface area contributed by atoms with Crippen molar-refractivity contribution in [2.75, 3.05) is 5.32 Å². The quantitative estimate of drug-likeness (QED) is 0.770. The largest absolute Gasteiger partial charge is 0.326 e. The summed E-state index contributed by atoms with van der Waals surface area (Å²) < 4.78 is 1.03. The van der Waals surface area contributed by atoms with Crippen molar-refractivity contribution in [3.8, 4) is 0 Å². The van der Waals surface area contributed by atoms with Crippen molar-refractivity contribution in [3.05, 3.63) is 64.9 Å². The first-order valence-corrected chi connectivity index (χ1v) is 7.75. The number of rotatable bonds is 4. The third-order valence-corrected chi connectivity index (χ3v) is 3.78. The van der Waals surface area contributed by atoms with E-state index in [-0.39, 0.29) is 5.91 Å². The van der Waals surface area contributed by atoms with E-state index in [4.69, 9.17) is 0 Å².